The molecular weight excluding hydrogens is 510 g/mol. The van der Waals surface area contributed by atoms with E-state index in [2.05, 4.69) is 28.8 Å². The maximum absolute atomic E-state index is 13.3. The highest BCUT2D eigenvalue weighted by Gasteiger charge is 2.25. The normalized spacial score (nSPS) is 11.7. The summed E-state index contributed by atoms with van der Waals surface area (Å²) in [4.78, 5) is 11.3. The average Bonchev–Trinajstić information content (AvgIpc) is 3.23. The van der Waals surface area contributed by atoms with E-state index in [0.29, 0.717) is 12.2 Å². The fourth-order valence-corrected chi connectivity index (χ4v) is 6.44. The average molecular weight is 540 g/mol. The van der Waals surface area contributed by atoms with Gasteiger partial charge in [-0.2, -0.15) is 0 Å². The number of benzene rings is 4. The van der Waals surface area contributed by atoms with Crippen molar-refractivity contribution in [1.29, 1.82) is 0 Å². The van der Waals surface area contributed by atoms with Crippen molar-refractivity contribution in [2.24, 2.45) is 0 Å². The number of carboxylic acid groups (broad SMARTS) is 1. The lowest BCUT2D eigenvalue weighted by atomic mass is 9.98. The summed E-state index contributed by atoms with van der Waals surface area (Å²) in [5.74, 6) is -0.510. The van der Waals surface area contributed by atoms with Crippen molar-refractivity contribution in [3.8, 4) is 5.75 Å². The maximum Gasteiger partial charge on any atom is 0.335 e. The van der Waals surface area contributed by atoms with Crippen LogP contribution in [0.1, 0.15) is 38.8 Å². The molecule has 1 aromatic heterocycles. The predicted octanol–water partition coefficient (Wildman–Crippen LogP) is 6.31. The summed E-state index contributed by atoms with van der Waals surface area (Å²) >= 11 is 0. The molecule has 0 bridgehead atoms. The molecule has 5 rings (SSSR count). The minimum absolute atomic E-state index is 0.0489. The second-order valence-electron chi connectivity index (χ2n) is 9.44. The number of aromatic nitrogens is 1. The summed E-state index contributed by atoms with van der Waals surface area (Å²) in [5.41, 5.74) is 5.20. The van der Waals surface area contributed by atoms with Gasteiger partial charge in [0.15, 0.2) is 9.84 Å². The van der Waals surface area contributed by atoms with Crippen molar-refractivity contribution in [3.63, 3.8) is 0 Å². The third-order valence-electron chi connectivity index (χ3n) is 7.16. The molecule has 0 saturated carbocycles. The fourth-order valence-electron chi connectivity index (χ4n) is 5.18. The van der Waals surface area contributed by atoms with Crippen LogP contribution in [0.4, 0.5) is 0 Å². The minimum Gasteiger partial charge on any atom is -0.497 e. The second-order valence-corrected chi connectivity index (χ2v) is 11.5. The number of carboxylic acids is 1. The zero-order chi connectivity index (χ0) is 27.6. The number of hydrogen-bond donors (Lipinski definition) is 1. The van der Waals surface area contributed by atoms with Gasteiger partial charge in [0.2, 0.25) is 0 Å². The van der Waals surface area contributed by atoms with Gasteiger partial charge in [-0.3, -0.25) is 0 Å². The van der Waals surface area contributed by atoms with Gasteiger partial charge in [0, 0.05) is 16.6 Å². The highest BCUT2D eigenvalue weighted by Crippen LogP contribution is 2.37. The van der Waals surface area contributed by atoms with E-state index < -0.39 is 15.8 Å². The summed E-state index contributed by atoms with van der Waals surface area (Å²) in [5, 5.41) is 10.1. The highest BCUT2D eigenvalue weighted by molar-refractivity contribution is 7.91. The van der Waals surface area contributed by atoms with Gasteiger partial charge in [0.05, 0.1) is 29.4 Å². The molecule has 0 radical (unpaired) electrons. The molecule has 198 valence electrons. The van der Waals surface area contributed by atoms with Crippen LogP contribution < -0.4 is 4.74 Å². The number of methoxy groups -OCH3 is 1. The van der Waals surface area contributed by atoms with E-state index >= 15 is 0 Å². The zero-order valence-corrected chi connectivity index (χ0v) is 22.6. The van der Waals surface area contributed by atoms with Crippen molar-refractivity contribution in [2.45, 2.75) is 24.3 Å². The Morgan fingerprint density at radius 3 is 2.00 bits per heavy atom. The van der Waals surface area contributed by atoms with Crippen LogP contribution >= 0.6 is 0 Å². The topological polar surface area (TPSA) is 85.6 Å². The van der Waals surface area contributed by atoms with E-state index in [1.165, 1.54) is 24.3 Å². The van der Waals surface area contributed by atoms with Crippen LogP contribution in [0.15, 0.2) is 108 Å². The maximum atomic E-state index is 13.3. The molecule has 1 N–H and O–H groups in total. The number of nitrogens with zero attached hydrogens (tertiary/aromatic N) is 1. The number of rotatable bonds is 9. The number of aryl methyl sites for hydroxylation is 1. The van der Waals surface area contributed by atoms with Gasteiger partial charge >= 0.3 is 5.97 Å². The van der Waals surface area contributed by atoms with Gasteiger partial charge < -0.3 is 14.4 Å². The van der Waals surface area contributed by atoms with Gasteiger partial charge in [0.1, 0.15) is 5.75 Å². The first-order valence-electron chi connectivity index (χ1n) is 12.6. The van der Waals surface area contributed by atoms with E-state index in [1.54, 1.807) is 7.11 Å². The predicted molar refractivity (Wildman–Crippen MR) is 153 cm³/mol. The lowest BCUT2D eigenvalue weighted by molar-refractivity contribution is 0.0696. The smallest absolute Gasteiger partial charge is 0.335 e. The number of sulfone groups is 1. The molecule has 0 fully saturated rings. The summed E-state index contributed by atoms with van der Waals surface area (Å²) in [6, 6.07) is 31.7. The Morgan fingerprint density at radius 1 is 0.872 bits per heavy atom. The SMILES string of the molecule is COc1ccc2c(c1)c(CCS(=O)(=O)c1ccc(C(=O)O)cc1)c(C)n2C(c1ccccc1)c1ccccc1. The fraction of sp³-hybridized carbons (Fsp3) is 0.156. The number of fused-ring (bicyclic) bond motifs is 1. The van der Waals surface area contributed by atoms with Crippen LogP contribution in [-0.4, -0.2) is 36.9 Å². The van der Waals surface area contributed by atoms with Crippen molar-refractivity contribution in [2.75, 3.05) is 12.9 Å². The Labute approximate surface area is 228 Å². The van der Waals surface area contributed by atoms with E-state index in [9.17, 15) is 13.2 Å². The molecule has 0 amide bonds. The molecule has 6 nitrogen and oxygen atoms in total. The van der Waals surface area contributed by atoms with Crippen molar-refractivity contribution in [1.82, 2.24) is 4.57 Å². The van der Waals surface area contributed by atoms with E-state index in [4.69, 9.17) is 9.84 Å². The highest BCUT2D eigenvalue weighted by atomic mass is 32.2. The van der Waals surface area contributed by atoms with Crippen LogP contribution in [0.3, 0.4) is 0 Å². The molecule has 0 aliphatic rings. The number of carbonyl (C=O) groups is 1. The Kier molecular flexibility index (Phi) is 7.26. The third kappa shape index (κ3) is 5.18. The number of aromatic carboxylic acids is 1. The van der Waals surface area contributed by atoms with Crippen LogP contribution in [0.2, 0.25) is 0 Å². The first-order chi connectivity index (χ1) is 18.8. The minimum atomic E-state index is -3.65. The molecule has 7 heteroatoms. The summed E-state index contributed by atoms with van der Waals surface area (Å²) in [7, 11) is -2.03. The molecule has 0 saturated heterocycles. The van der Waals surface area contributed by atoms with Crippen LogP contribution in [0, 0.1) is 6.92 Å². The van der Waals surface area contributed by atoms with E-state index in [0.717, 1.165) is 33.3 Å². The molecular formula is C32H29NO5S. The van der Waals surface area contributed by atoms with Crippen LogP contribution in [-0.2, 0) is 16.3 Å². The molecule has 0 atom stereocenters. The van der Waals surface area contributed by atoms with Crippen molar-refractivity contribution < 1.29 is 23.1 Å². The summed E-state index contributed by atoms with van der Waals surface area (Å²) in [6.45, 7) is 2.04. The van der Waals surface area contributed by atoms with Gasteiger partial charge in [-0.15, -0.1) is 0 Å². The lowest BCUT2D eigenvalue weighted by Gasteiger charge is -2.23. The second kappa shape index (κ2) is 10.8. The number of hydrogen-bond acceptors (Lipinski definition) is 4. The quantitative estimate of drug-likeness (QED) is 0.237. The molecule has 0 unspecified atom stereocenters. The largest absolute Gasteiger partial charge is 0.497 e. The van der Waals surface area contributed by atoms with Gasteiger partial charge in [-0.1, -0.05) is 60.7 Å². The van der Waals surface area contributed by atoms with E-state index in [-0.39, 0.29) is 22.3 Å². The Balaban J connectivity index is 1.62. The first kappa shape index (κ1) is 26.3. The van der Waals surface area contributed by atoms with Gasteiger partial charge in [-0.25, -0.2) is 13.2 Å². The number of ether oxygens (including phenoxy) is 1. The summed E-state index contributed by atoms with van der Waals surface area (Å²) < 4.78 is 34.3. The Morgan fingerprint density at radius 2 is 1.46 bits per heavy atom. The molecule has 5 aromatic rings. The lowest BCUT2D eigenvalue weighted by Crippen LogP contribution is -2.14. The summed E-state index contributed by atoms with van der Waals surface area (Å²) in [6.07, 6.45) is 0.293. The molecule has 0 spiro atoms. The molecule has 39 heavy (non-hydrogen) atoms. The first-order valence-corrected chi connectivity index (χ1v) is 14.3. The standard InChI is InChI=1S/C32H29NO5S/c1-22-28(19-20-39(36,37)27-16-13-25(14-17-27)32(34)35)29-21-26(38-2)15-18-30(29)33(22)31(23-9-5-3-6-10-23)24-11-7-4-8-12-24/h3-18,21,31H,19-20H2,1-2H3,(H,34,35). The monoisotopic (exact) mass is 539 g/mol. The molecule has 1 heterocycles. The molecule has 4 aromatic carbocycles. The zero-order valence-electron chi connectivity index (χ0n) is 21.7. The van der Waals surface area contributed by atoms with Gasteiger partial charge in [-0.05, 0) is 72.5 Å². The molecule has 0 aliphatic heterocycles. The third-order valence-corrected chi connectivity index (χ3v) is 8.89. The van der Waals surface area contributed by atoms with E-state index in [1.807, 2.05) is 61.5 Å². The van der Waals surface area contributed by atoms with Crippen LogP contribution in [0.5, 0.6) is 5.75 Å². The molecule has 0 aliphatic carbocycles. The van der Waals surface area contributed by atoms with Crippen LogP contribution in [0.25, 0.3) is 10.9 Å². The Hall–Kier alpha value is -4.36. The van der Waals surface area contributed by atoms with Crippen molar-refractivity contribution >= 4 is 26.7 Å². The Bertz CT molecular complexity index is 1690. The van der Waals surface area contributed by atoms with Gasteiger partial charge in [0.25, 0.3) is 0 Å². The van der Waals surface area contributed by atoms with Crippen molar-refractivity contribution in [3.05, 3.63) is 131 Å².